The van der Waals surface area contributed by atoms with Crippen LogP contribution in [-0.2, 0) is 9.53 Å². The van der Waals surface area contributed by atoms with Gasteiger partial charge in [-0.1, -0.05) is 32.0 Å². The van der Waals surface area contributed by atoms with Crippen LogP contribution in [-0.4, -0.2) is 49.1 Å². The van der Waals surface area contributed by atoms with E-state index in [0.29, 0.717) is 31.9 Å². The second-order valence-corrected chi connectivity index (χ2v) is 5.95. The monoisotopic (exact) mass is 304 g/mol. The summed E-state index contributed by atoms with van der Waals surface area (Å²) in [6.07, 6.45) is 0. The molecule has 0 aliphatic carbocycles. The summed E-state index contributed by atoms with van der Waals surface area (Å²) in [6, 6.07) is 6.89. The summed E-state index contributed by atoms with van der Waals surface area (Å²) < 4.78 is 5.28. The molecule has 22 heavy (non-hydrogen) atoms. The number of ether oxygens (including phenoxy) is 1. The lowest BCUT2D eigenvalue weighted by molar-refractivity contribution is -0.138. The summed E-state index contributed by atoms with van der Waals surface area (Å²) in [6.45, 7) is 8.07. The van der Waals surface area contributed by atoms with Crippen LogP contribution in [0.5, 0.6) is 0 Å². The van der Waals surface area contributed by atoms with E-state index in [1.807, 2.05) is 39.0 Å². The number of rotatable bonds is 4. The highest BCUT2D eigenvalue weighted by atomic mass is 16.5. The molecule has 5 heteroatoms. The molecule has 1 N–H and O–H groups in total. The van der Waals surface area contributed by atoms with Crippen molar-refractivity contribution in [2.24, 2.45) is 5.92 Å². The Labute approximate surface area is 131 Å². The molecule has 0 saturated carbocycles. The van der Waals surface area contributed by atoms with Gasteiger partial charge in [0.1, 0.15) is 6.04 Å². The number of carbonyl (C=O) groups is 2. The molecule has 0 unspecified atom stereocenters. The average Bonchev–Trinajstić information content (AvgIpc) is 2.52. The molecular weight excluding hydrogens is 280 g/mol. The first-order valence-corrected chi connectivity index (χ1v) is 7.73. The van der Waals surface area contributed by atoms with Crippen LogP contribution in [0.15, 0.2) is 24.3 Å². The van der Waals surface area contributed by atoms with Gasteiger partial charge in [0.15, 0.2) is 0 Å². The Morgan fingerprint density at radius 1 is 1.18 bits per heavy atom. The molecule has 2 amide bonds. The van der Waals surface area contributed by atoms with E-state index in [4.69, 9.17) is 4.74 Å². The number of nitrogens with zero attached hydrogens (tertiary/aromatic N) is 1. The molecule has 1 atom stereocenters. The van der Waals surface area contributed by atoms with Gasteiger partial charge >= 0.3 is 0 Å². The van der Waals surface area contributed by atoms with Crippen molar-refractivity contribution in [1.82, 2.24) is 10.2 Å². The van der Waals surface area contributed by atoms with Crippen molar-refractivity contribution in [3.05, 3.63) is 35.4 Å². The van der Waals surface area contributed by atoms with Gasteiger partial charge < -0.3 is 15.0 Å². The number of morpholine rings is 1. The zero-order valence-electron chi connectivity index (χ0n) is 13.5. The summed E-state index contributed by atoms with van der Waals surface area (Å²) in [5, 5.41) is 2.90. The fourth-order valence-electron chi connectivity index (χ4n) is 2.54. The van der Waals surface area contributed by atoms with Crippen molar-refractivity contribution in [2.75, 3.05) is 26.3 Å². The highest BCUT2D eigenvalue weighted by Gasteiger charge is 2.30. The molecule has 0 aromatic heterocycles. The molecular formula is C17H24N2O3. The largest absolute Gasteiger partial charge is 0.378 e. The second-order valence-electron chi connectivity index (χ2n) is 5.95. The fraction of sp³-hybridized carbons (Fsp3) is 0.529. The van der Waals surface area contributed by atoms with E-state index in [1.54, 1.807) is 11.0 Å². The summed E-state index contributed by atoms with van der Waals surface area (Å²) in [5.74, 6) is -0.193. The molecule has 5 nitrogen and oxygen atoms in total. The first kappa shape index (κ1) is 16.5. The molecule has 1 fully saturated rings. The van der Waals surface area contributed by atoms with Crippen LogP contribution in [0.4, 0.5) is 0 Å². The van der Waals surface area contributed by atoms with Crippen molar-refractivity contribution in [3.8, 4) is 0 Å². The van der Waals surface area contributed by atoms with E-state index < -0.39 is 6.04 Å². The van der Waals surface area contributed by atoms with Crippen molar-refractivity contribution in [2.45, 2.75) is 26.8 Å². The van der Waals surface area contributed by atoms with Crippen LogP contribution >= 0.6 is 0 Å². The minimum Gasteiger partial charge on any atom is -0.378 e. The van der Waals surface area contributed by atoms with Gasteiger partial charge in [0.2, 0.25) is 5.91 Å². The molecule has 1 aromatic rings. The van der Waals surface area contributed by atoms with Crippen molar-refractivity contribution < 1.29 is 14.3 Å². The normalized spacial score (nSPS) is 16.5. The van der Waals surface area contributed by atoms with Crippen molar-refractivity contribution >= 4 is 11.8 Å². The molecule has 1 aliphatic rings. The van der Waals surface area contributed by atoms with E-state index in [2.05, 4.69) is 5.32 Å². The molecule has 1 aromatic carbocycles. The van der Waals surface area contributed by atoms with E-state index in [9.17, 15) is 9.59 Å². The quantitative estimate of drug-likeness (QED) is 0.919. The van der Waals surface area contributed by atoms with E-state index in [-0.39, 0.29) is 17.7 Å². The SMILES string of the molecule is Cc1ccccc1C(=O)N[C@@H](C(=O)N1CCOCC1)C(C)C. The molecule has 0 spiro atoms. The van der Waals surface area contributed by atoms with Crippen LogP contribution in [0.2, 0.25) is 0 Å². The molecule has 120 valence electrons. The topological polar surface area (TPSA) is 58.6 Å². The predicted molar refractivity (Wildman–Crippen MR) is 84.7 cm³/mol. The summed E-state index contributed by atoms with van der Waals surface area (Å²) >= 11 is 0. The third kappa shape index (κ3) is 3.85. The zero-order valence-corrected chi connectivity index (χ0v) is 13.5. The number of aryl methyl sites for hydroxylation is 1. The van der Waals surface area contributed by atoms with Crippen molar-refractivity contribution in [3.63, 3.8) is 0 Å². The van der Waals surface area contributed by atoms with Crippen LogP contribution in [0.3, 0.4) is 0 Å². The van der Waals surface area contributed by atoms with Crippen LogP contribution in [0, 0.1) is 12.8 Å². The minimum atomic E-state index is -0.509. The first-order valence-electron chi connectivity index (χ1n) is 7.73. The maximum Gasteiger partial charge on any atom is 0.252 e. The Kier molecular flexibility index (Phi) is 5.55. The third-order valence-corrected chi connectivity index (χ3v) is 3.93. The van der Waals surface area contributed by atoms with Gasteiger partial charge in [-0.15, -0.1) is 0 Å². The van der Waals surface area contributed by atoms with Crippen LogP contribution in [0.25, 0.3) is 0 Å². The Balaban J connectivity index is 2.10. The molecule has 1 heterocycles. The zero-order chi connectivity index (χ0) is 16.1. The van der Waals surface area contributed by atoms with Crippen LogP contribution in [0.1, 0.15) is 29.8 Å². The lowest BCUT2D eigenvalue weighted by atomic mass is 10.0. The Morgan fingerprint density at radius 2 is 1.82 bits per heavy atom. The molecule has 1 aliphatic heterocycles. The van der Waals surface area contributed by atoms with E-state index >= 15 is 0 Å². The van der Waals surface area contributed by atoms with E-state index in [0.717, 1.165) is 5.56 Å². The van der Waals surface area contributed by atoms with Gasteiger partial charge in [0, 0.05) is 18.7 Å². The lowest BCUT2D eigenvalue weighted by Gasteiger charge is -2.32. The summed E-state index contributed by atoms with van der Waals surface area (Å²) in [5.41, 5.74) is 1.52. The molecule has 1 saturated heterocycles. The van der Waals surface area contributed by atoms with E-state index in [1.165, 1.54) is 0 Å². The highest BCUT2D eigenvalue weighted by molar-refractivity contribution is 5.98. The number of hydrogen-bond acceptors (Lipinski definition) is 3. The maximum atomic E-state index is 12.6. The number of amides is 2. The Morgan fingerprint density at radius 3 is 2.41 bits per heavy atom. The Bertz CT molecular complexity index is 536. The van der Waals surface area contributed by atoms with Gasteiger partial charge in [-0.05, 0) is 24.5 Å². The predicted octanol–water partition coefficient (Wildman–Crippen LogP) is 1.61. The number of carbonyl (C=O) groups excluding carboxylic acids is 2. The number of benzene rings is 1. The van der Waals surface area contributed by atoms with Gasteiger partial charge in [-0.25, -0.2) is 0 Å². The van der Waals surface area contributed by atoms with Gasteiger partial charge in [-0.2, -0.15) is 0 Å². The first-order chi connectivity index (χ1) is 10.5. The maximum absolute atomic E-state index is 12.6. The molecule has 0 bridgehead atoms. The Hall–Kier alpha value is -1.88. The molecule has 0 radical (unpaired) electrons. The average molecular weight is 304 g/mol. The lowest BCUT2D eigenvalue weighted by Crippen LogP contribution is -2.53. The smallest absolute Gasteiger partial charge is 0.252 e. The standard InChI is InChI=1S/C17H24N2O3/c1-12(2)15(17(21)19-8-10-22-11-9-19)18-16(20)14-7-5-4-6-13(14)3/h4-7,12,15H,8-11H2,1-3H3,(H,18,20)/t15-/m1/s1. The fourth-order valence-corrected chi connectivity index (χ4v) is 2.54. The number of nitrogens with one attached hydrogen (secondary N) is 1. The van der Waals surface area contributed by atoms with Crippen molar-refractivity contribution in [1.29, 1.82) is 0 Å². The third-order valence-electron chi connectivity index (χ3n) is 3.93. The minimum absolute atomic E-state index is 0.0276. The molecule has 2 rings (SSSR count). The highest BCUT2D eigenvalue weighted by Crippen LogP contribution is 2.12. The van der Waals surface area contributed by atoms with Gasteiger partial charge in [-0.3, -0.25) is 9.59 Å². The second kappa shape index (κ2) is 7.40. The van der Waals surface area contributed by atoms with Crippen LogP contribution < -0.4 is 5.32 Å². The summed E-state index contributed by atoms with van der Waals surface area (Å²) in [7, 11) is 0. The van der Waals surface area contributed by atoms with Gasteiger partial charge in [0.25, 0.3) is 5.91 Å². The number of hydrogen-bond donors (Lipinski definition) is 1. The summed E-state index contributed by atoms with van der Waals surface area (Å²) in [4.78, 5) is 26.9. The van der Waals surface area contributed by atoms with Gasteiger partial charge in [0.05, 0.1) is 13.2 Å².